The Bertz CT molecular complexity index is 837. The number of aryl methyl sites for hydroxylation is 1. The lowest BCUT2D eigenvalue weighted by atomic mass is 9.67. The third-order valence-corrected chi connectivity index (χ3v) is 6.61. The lowest BCUT2D eigenvalue weighted by molar-refractivity contribution is -0.142. The molecule has 0 spiro atoms. The third kappa shape index (κ3) is 3.73. The first-order chi connectivity index (χ1) is 12.8. The minimum atomic E-state index is -0.805. The predicted molar refractivity (Wildman–Crippen MR) is 111 cm³/mol. The Morgan fingerprint density at radius 1 is 1.15 bits per heavy atom. The second-order valence-electron chi connectivity index (χ2n) is 7.63. The average molecular weight is 406 g/mol. The van der Waals surface area contributed by atoms with E-state index in [0.29, 0.717) is 11.6 Å². The Labute approximate surface area is 170 Å². The van der Waals surface area contributed by atoms with Crippen LogP contribution in [0.3, 0.4) is 0 Å². The lowest BCUT2D eigenvalue weighted by Gasteiger charge is -2.40. The number of carboxylic acids is 1. The molecule has 2 aromatic carbocycles. The molecular weight excluding hydrogens is 381 g/mol. The van der Waals surface area contributed by atoms with E-state index < -0.39 is 12.0 Å². The lowest BCUT2D eigenvalue weighted by Crippen LogP contribution is -2.44. The molecule has 0 aliphatic heterocycles. The van der Waals surface area contributed by atoms with Gasteiger partial charge in [0.15, 0.2) is 0 Å². The maximum Gasteiger partial charge on any atom is 0.320 e. The van der Waals surface area contributed by atoms with E-state index in [-0.39, 0.29) is 11.3 Å². The maximum atomic E-state index is 11.4. The first-order valence-corrected chi connectivity index (χ1v) is 9.99. The van der Waals surface area contributed by atoms with Crippen molar-refractivity contribution < 1.29 is 9.90 Å². The van der Waals surface area contributed by atoms with Gasteiger partial charge in [-0.15, -0.1) is 0 Å². The average Bonchev–Trinajstić information content (AvgIpc) is 3.01. The standard InChI is InChI=1S/C22H25Cl2NO2/c1-14(13-25(3)15(2)21(26)27)22(17-5-8-18(23)9-6-17)11-10-16-4-7-19(24)12-20(16)22/h4-9,12,14-15H,10-11,13H2,1-3H3,(H,26,27)/t14-,15?,22+/m0/s1. The fourth-order valence-electron chi connectivity index (χ4n) is 4.43. The molecule has 3 nitrogen and oxygen atoms in total. The number of rotatable bonds is 6. The second kappa shape index (κ2) is 7.83. The molecule has 0 fully saturated rings. The van der Waals surface area contributed by atoms with Crippen molar-refractivity contribution in [1.29, 1.82) is 0 Å². The van der Waals surface area contributed by atoms with E-state index in [4.69, 9.17) is 23.2 Å². The fourth-order valence-corrected chi connectivity index (χ4v) is 4.72. The SMILES string of the molecule is CC(C(=O)O)N(C)C[C@H](C)[C@@]1(c2ccc(Cl)cc2)CCc2ccc(Cl)cc21. The van der Waals surface area contributed by atoms with Gasteiger partial charge in [-0.25, -0.2) is 0 Å². The summed E-state index contributed by atoms with van der Waals surface area (Å²) in [5, 5.41) is 10.8. The van der Waals surface area contributed by atoms with Crippen LogP contribution in [0.2, 0.25) is 10.0 Å². The van der Waals surface area contributed by atoms with E-state index >= 15 is 0 Å². The number of aliphatic carboxylic acids is 1. The molecule has 0 saturated carbocycles. The van der Waals surface area contributed by atoms with Crippen LogP contribution in [0.1, 0.15) is 37.0 Å². The summed E-state index contributed by atoms with van der Waals surface area (Å²) in [6.45, 7) is 4.60. The molecule has 3 atom stereocenters. The summed E-state index contributed by atoms with van der Waals surface area (Å²) in [6.07, 6.45) is 1.96. The van der Waals surface area contributed by atoms with Gasteiger partial charge in [0, 0.05) is 22.0 Å². The number of carbonyl (C=O) groups is 1. The number of benzene rings is 2. The van der Waals surface area contributed by atoms with Gasteiger partial charge in [0.2, 0.25) is 0 Å². The Morgan fingerprint density at radius 3 is 2.41 bits per heavy atom. The van der Waals surface area contributed by atoms with Gasteiger partial charge < -0.3 is 5.11 Å². The molecule has 1 unspecified atom stereocenters. The molecule has 1 N–H and O–H groups in total. The monoisotopic (exact) mass is 405 g/mol. The normalized spacial score (nSPS) is 21.1. The van der Waals surface area contributed by atoms with Crippen LogP contribution in [0, 0.1) is 5.92 Å². The maximum absolute atomic E-state index is 11.4. The van der Waals surface area contributed by atoms with Crippen LogP contribution in [0.5, 0.6) is 0 Å². The van der Waals surface area contributed by atoms with Crippen molar-refractivity contribution in [2.24, 2.45) is 5.92 Å². The van der Waals surface area contributed by atoms with E-state index in [2.05, 4.69) is 31.2 Å². The molecule has 0 bridgehead atoms. The van der Waals surface area contributed by atoms with Crippen LogP contribution in [0.4, 0.5) is 0 Å². The molecule has 5 heteroatoms. The van der Waals surface area contributed by atoms with Gasteiger partial charge in [-0.2, -0.15) is 0 Å². The summed E-state index contributed by atoms with van der Waals surface area (Å²) in [4.78, 5) is 13.3. The van der Waals surface area contributed by atoms with E-state index in [1.54, 1.807) is 6.92 Å². The first kappa shape index (κ1) is 20.2. The van der Waals surface area contributed by atoms with Crippen LogP contribution in [0.25, 0.3) is 0 Å². The van der Waals surface area contributed by atoms with Crippen LogP contribution < -0.4 is 0 Å². The van der Waals surface area contributed by atoms with Crippen LogP contribution in [-0.2, 0) is 16.6 Å². The van der Waals surface area contributed by atoms with Crippen molar-refractivity contribution in [3.05, 3.63) is 69.2 Å². The second-order valence-corrected chi connectivity index (χ2v) is 8.51. The summed E-state index contributed by atoms with van der Waals surface area (Å²) >= 11 is 12.5. The number of hydrogen-bond donors (Lipinski definition) is 1. The molecule has 0 aromatic heterocycles. The number of fused-ring (bicyclic) bond motifs is 1. The van der Waals surface area contributed by atoms with Crippen LogP contribution >= 0.6 is 23.2 Å². The van der Waals surface area contributed by atoms with Crippen LogP contribution in [-0.4, -0.2) is 35.6 Å². The van der Waals surface area contributed by atoms with Gasteiger partial charge in [-0.05, 0) is 73.7 Å². The minimum Gasteiger partial charge on any atom is -0.480 e. The highest BCUT2D eigenvalue weighted by molar-refractivity contribution is 6.31. The molecule has 1 aliphatic carbocycles. The number of nitrogens with zero attached hydrogens (tertiary/aromatic N) is 1. The van der Waals surface area contributed by atoms with Crippen molar-refractivity contribution in [2.75, 3.05) is 13.6 Å². The number of likely N-dealkylation sites (N-methyl/N-ethyl adjacent to an activating group) is 1. The van der Waals surface area contributed by atoms with E-state index in [0.717, 1.165) is 17.9 Å². The molecule has 27 heavy (non-hydrogen) atoms. The fraction of sp³-hybridized carbons (Fsp3) is 0.409. The largest absolute Gasteiger partial charge is 0.480 e. The van der Waals surface area contributed by atoms with Gasteiger partial charge in [0.05, 0.1) is 0 Å². The molecule has 0 amide bonds. The molecule has 0 radical (unpaired) electrons. The van der Waals surface area contributed by atoms with Gasteiger partial charge in [0.25, 0.3) is 0 Å². The smallest absolute Gasteiger partial charge is 0.320 e. The Morgan fingerprint density at radius 2 is 1.78 bits per heavy atom. The zero-order chi connectivity index (χ0) is 19.8. The van der Waals surface area contributed by atoms with Gasteiger partial charge in [-0.3, -0.25) is 9.69 Å². The number of carboxylic acid groups (broad SMARTS) is 1. The molecule has 0 saturated heterocycles. The summed E-state index contributed by atoms with van der Waals surface area (Å²) in [7, 11) is 1.87. The Kier molecular flexibility index (Phi) is 5.85. The van der Waals surface area contributed by atoms with E-state index in [1.807, 2.05) is 30.1 Å². The van der Waals surface area contributed by atoms with Crippen molar-refractivity contribution in [1.82, 2.24) is 4.90 Å². The van der Waals surface area contributed by atoms with E-state index in [1.165, 1.54) is 16.7 Å². The van der Waals surface area contributed by atoms with Crippen molar-refractivity contribution in [3.8, 4) is 0 Å². The Hall–Kier alpha value is -1.55. The topological polar surface area (TPSA) is 40.5 Å². The molecule has 0 heterocycles. The highest BCUT2D eigenvalue weighted by Crippen LogP contribution is 2.50. The summed E-state index contributed by atoms with van der Waals surface area (Å²) in [5.74, 6) is -0.606. The van der Waals surface area contributed by atoms with Crippen LogP contribution in [0.15, 0.2) is 42.5 Å². The molecule has 1 aliphatic rings. The summed E-state index contributed by atoms with van der Waals surface area (Å²) in [5.41, 5.74) is 3.56. The quantitative estimate of drug-likeness (QED) is 0.711. The van der Waals surface area contributed by atoms with Crippen molar-refractivity contribution >= 4 is 29.2 Å². The zero-order valence-corrected chi connectivity index (χ0v) is 17.4. The number of halogens is 2. The zero-order valence-electron chi connectivity index (χ0n) is 15.9. The summed E-state index contributed by atoms with van der Waals surface area (Å²) < 4.78 is 0. The predicted octanol–water partition coefficient (Wildman–Crippen LogP) is 5.27. The Balaban J connectivity index is 2.06. The molecule has 2 aromatic rings. The summed E-state index contributed by atoms with van der Waals surface area (Å²) in [6, 6.07) is 13.7. The number of hydrogen-bond acceptors (Lipinski definition) is 2. The minimum absolute atomic E-state index is 0.199. The molecular formula is C22H25Cl2NO2. The molecule has 144 valence electrons. The van der Waals surface area contributed by atoms with Gasteiger partial charge >= 0.3 is 5.97 Å². The third-order valence-electron chi connectivity index (χ3n) is 6.12. The van der Waals surface area contributed by atoms with E-state index in [9.17, 15) is 9.90 Å². The van der Waals surface area contributed by atoms with Gasteiger partial charge in [0.1, 0.15) is 6.04 Å². The van der Waals surface area contributed by atoms with Crippen molar-refractivity contribution in [2.45, 2.75) is 38.1 Å². The van der Waals surface area contributed by atoms with Gasteiger partial charge in [-0.1, -0.05) is 48.3 Å². The van der Waals surface area contributed by atoms with Crippen molar-refractivity contribution in [3.63, 3.8) is 0 Å². The highest BCUT2D eigenvalue weighted by Gasteiger charge is 2.45. The first-order valence-electron chi connectivity index (χ1n) is 9.23. The molecule has 3 rings (SSSR count). The highest BCUT2D eigenvalue weighted by atomic mass is 35.5.